The van der Waals surface area contributed by atoms with Gasteiger partial charge in [0.2, 0.25) is 0 Å². The van der Waals surface area contributed by atoms with Crippen LogP contribution in [0.1, 0.15) is 70.1 Å². The van der Waals surface area contributed by atoms with E-state index in [1.54, 1.807) is 31.2 Å². The van der Waals surface area contributed by atoms with Crippen molar-refractivity contribution in [3.05, 3.63) is 65.2 Å². The molecule has 2 rings (SSSR count). The number of hydrogen-bond acceptors (Lipinski definition) is 1. The van der Waals surface area contributed by atoms with Gasteiger partial charge in [0, 0.05) is 0 Å². The van der Waals surface area contributed by atoms with Gasteiger partial charge < -0.3 is 4.74 Å². The second-order valence-corrected chi connectivity index (χ2v) is 8.69. The molecule has 0 saturated heterocycles. The third-order valence-corrected chi connectivity index (χ3v) is 5.28. The fraction of sp³-hybridized carbons (Fsp3) is 0.500. The molecule has 0 spiro atoms. The largest absolute Gasteiger partial charge is 0.488 e. The zero-order valence-electron chi connectivity index (χ0n) is 17.7. The number of ether oxygens (including phenoxy) is 1. The molecule has 0 aliphatic heterocycles. The highest BCUT2D eigenvalue weighted by atomic mass is 19.4. The number of rotatable bonds is 6. The minimum absolute atomic E-state index is 0.00905. The lowest BCUT2D eigenvalue weighted by Gasteiger charge is -2.38. The summed E-state index contributed by atoms with van der Waals surface area (Å²) in [6.45, 7) is 11.3. The molecule has 28 heavy (non-hydrogen) atoms. The van der Waals surface area contributed by atoms with Crippen molar-refractivity contribution in [2.45, 2.75) is 77.5 Å². The molecule has 154 valence electrons. The molecule has 0 heterocycles. The van der Waals surface area contributed by atoms with Gasteiger partial charge >= 0.3 is 6.18 Å². The third-order valence-electron chi connectivity index (χ3n) is 5.28. The van der Waals surface area contributed by atoms with Gasteiger partial charge in [-0.2, -0.15) is 13.2 Å². The van der Waals surface area contributed by atoms with Crippen molar-refractivity contribution in [1.82, 2.24) is 0 Å². The molecule has 0 aliphatic rings. The average Bonchev–Trinajstić information content (AvgIpc) is 2.58. The fourth-order valence-corrected chi connectivity index (χ4v) is 3.68. The molecule has 4 heteroatoms. The van der Waals surface area contributed by atoms with E-state index in [0.717, 1.165) is 16.9 Å². The number of hydrogen-bond donors (Lipinski definition) is 0. The van der Waals surface area contributed by atoms with Crippen LogP contribution < -0.4 is 4.74 Å². The predicted molar refractivity (Wildman–Crippen MR) is 109 cm³/mol. The first kappa shape index (κ1) is 22.3. The molecule has 0 radical (unpaired) electrons. The van der Waals surface area contributed by atoms with Crippen molar-refractivity contribution >= 4 is 0 Å². The summed E-state index contributed by atoms with van der Waals surface area (Å²) in [5.74, 6) is 0.478. The Hall–Kier alpha value is -1.97. The summed E-state index contributed by atoms with van der Waals surface area (Å²) in [5.41, 5.74) is 0.00825. The van der Waals surface area contributed by atoms with Crippen LogP contribution in [-0.4, -0.2) is 11.8 Å². The molecular formula is C24H31F3O. The van der Waals surface area contributed by atoms with E-state index >= 15 is 0 Å². The summed E-state index contributed by atoms with van der Waals surface area (Å²) >= 11 is 0. The Kier molecular flexibility index (Phi) is 6.52. The Labute approximate surface area is 166 Å². The molecule has 0 aliphatic carbocycles. The summed E-state index contributed by atoms with van der Waals surface area (Å²) < 4.78 is 48.6. The van der Waals surface area contributed by atoms with Gasteiger partial charge in [0.25, 0.3) is 0 Å². The van der Waals surface area contributed by atoms with Crippen molar-refractivity contribution in [3.63, 3.8) is 0 Å². The molecule has 0 amide bonds. The first-order chi connectivity index (χ1) is 12.9. The molecule has 0 aromatic heterocycles. The standard InChI is InChI=1S/C24H31F3O/c1-7-23(24(25,26)27,20-12-8-17(2)9-13-20)16-18(3)19-10-14-21(15-11-19)28-22(4,5)6/h8-15,18H,7,16H2,1-6H3. The van der Waals surface area contributed by atoms with E-state index in [-0.39, 0.29) is 24.4 Å². The molecule has 2 atom stereocenters. The minimum Gasteiger partial charge on any atom is -0.488 e. The molecule has 0 fully saturated rings. The van der Waals surface area contributed by atoms with E-state index in [2.05, 4.69) is 0 Å². The van der Waals surface area contributed by atoms with E-state index in [1.165, 1.54) is 0 Å². The van der Waals surface area contributed by atoms with Crippen LogP contribution in [0.15, 0.2) is 48.5 Å². The van der Waals surface area contributed by atoms with Crippen LogP contribution in [0.5, 0.6) is 5.75 Å². The van der Waals surface area contributed by atoms with Gasteiger partial charge in [-0.05, 0) is 69.7 Å². The zero-order chi connectivity index (χ0) is 21.2. The number of alkyl halides is 3. The van der Waals surface area contributed by atoms with Crippen LogP contribution >= 0.6 is 0 Å². The highest BCUT2D eigenvalue weighted by Gasteiger charge is 2.54. The average molecular weight is 393 g/mol. The van der Waals surface area contributed by atoms with E-state index in [9.17, 15) is 13.2 Å². The molecule has 1 nitrogen and oxygen atoms in total. The maximum Gasteiger partial charge on any atom is 0.398 e. The van der Waals surface area contributed by atoms with E-state index < -0.39 is 11.6 Å². The molecule has 2 aromatic carbocycles. The van der Waals surface area contributed by atoms with Gasteiger partial charge in [-0.3, -0.25) is 0 Å². The molecule has 0 N–H and O–H groups in total. The van der Waals surface area contributed by atoms with Gasteiger partial charge in [-0.25, -0.2) is 0 Å². The molecule has 2 unspecified atom stereocenters. The third kappa shape index (κ3) is 5.09. The zero-order valence-corrected chi connectivity index (χ0v) is 17.7. The van der Waals surface area contributed by atoms with Crippen LogP contribution in [0.2, 0.25) is 0 Å². The van der Waals surface area contributed by atoms with E-state index in [4.69, 9.17) is 4.74 Å². The molecule has 0 saturated carbocycles. The number of halogens is 3. The normalized spacial score (nSPS) is 15.8. The molecular weight excluding hydrogens is 361 g/mol. The van der Waals surface area contributed by atoms with E-state index in [1.807, 2.05) is 58.9 Å². The summed E-state index contributed by atoms with van der Waals surface area (Å²) in [5, 5.41) is 0. The first-order valence-electron chi connectivity index (χ1n) is 9.81. The number of benzene rings is 2. The lowest BCUT2D eigenvalue weighted by Crippen LogP contribution is -2.43. The van der Waals surface area contributed by atoms with Gasteiger partial charge in [0.05, 0.1) is 5.41 Å². The smallest absolute Gasteiger partial charge is 0.398 e. The van der Waals surface area contributed by atoms with Gasteiger partial charge in [0.1, 0.15) is 11.4 Å². The van der Waals surface area contributed by atoms with Crippen LogP contribution in [0.25, 0.3) is 0 Å². The van der Waals surface area contributed by atoms with Gasteiger partial charge in [-0.1, -0.05) is 55.8 Å². The highest BCUT2D eigenvalue weighted by molar-refractivity contribution is 5.34. The lowest BCUT2D eigenvalue weighted by molar-refractivity contribution is -0.195. The Bertz CT molecular complexity index is 754. The SMILES string of the molecule is CCC(CC(C)c1ccc(OC(C)(C)C)cc1)(c1ccc(C)cc1)C(F)(F)F. The number of aryl methyl sites for hydroxylation is 1. The highest BCUT2D eigenvalue weighted by Crippen LogP contribution is 2.49. The summed E-state index contributed by atoms with van der Waals surface area (Å²) in [6, 6.07) is 14.2. The quantitative estimate of drug-likeness (QED) is 0.492. The van der Waals surface area contributed by atoms with Crippen molar-refractivity contribution in [3.8, 4) is 5.75 Å². The Balaban J connectivity index is 2.32. The second-order valence-electron chi connectivity index (χ2n) is 8.69. The minimum atomic E-state index is -4.32. The topological polar surface area (TPSA) is 9.23 Å². The first-order valence-corrected chi connectivity index (χ1v) is 9.81. The Morgan fingerprint density at radius 2 is 1.43 bits per heavy atom. The molecule has 0 bridgehead atoms. The summed E-state index contributed by atoms with van der Waals surface area (Å²) in [4.78, 5) is 0. The van der Waals surface area contributed by atoms with Crippen molar-refractivity contribution < 1.29 is 17.9 Å². The summed E-state index contributed by atoms with van der Waals surface area (Å²) in [6.07, 6.45) is -4.30. The van der Waals surface area contributed by atoms with Crippen molar-refractivity contribution in [1.29, 1.82) is 0 Å². The molecule has 2 aromatic rings. The van der Waals surface area contributed by atoms with Gasteiger partial charge in [0.15, 0.2) is 0 Å². The van der Waals surface area contributed by atoms with Gasteiger partial charge in [-0.15, -0.1) is 0 Å². The van der Waals surface area contributed by atoms with Crippen LogP contribution in [-0.2, 0) is 5.41 Å². The Morgan fingerprint density at radius 1 is 0.893 bits per heavy atom. The Morgan fingerprint density at radius 3 is 1.86 bits per heavy atom. The monoisotopic (exact) mass is 392 g/mol. The van der Waals surface area contributed by atoms with Crippen LogP contribution in [0.3, 0.4) is 0 Å². The lowest BCUT2D eigenvalue weighted by atomic mass is 9.70. The van der Waals surface area contributed by atoms with E-state index in [0.29, 0.717) is 5.56 Å². The summed E-state index contributed by atoms with van der Waals surface area (Å²) in [7, 11) is 0. The predicted octanol–water partition coefficient (Wildman–Crippen LogP) is 7.58. The van der Waals surface area contributed by atoms with Crippen molar-refractivity contribution in [2.24, 2.45) is 0 Å². The maximum atomic E-state index is 14.3. The fourth-order valence-electron chi connectivity index (χ4n) is 3.68. The van der Waals surface area contributed by atoms with Crippen LogP contribution in [0, 0.1) is 6.92 Å². The van der Waals surface area contributed by atoms with Crippen molar-refractivity contribution in [2.75, 3.05) is 0 Å². The van der Waals surface area contributed by atoms with Crippen LogP contribution in [0.4, 0.5) is 13.2 Å². The maximum absolute atomic E-state index is 14.3. The second kappa shape index (κ2) is 8.18.